The molecule has 5 heteroatoms. The molecule has 0 aliphatic heterocycles. The van der Waals surface area contributed by atoms with E-state index in [4.69, 9.17) is 16.3 Å². The lowest BCUT2D eigenvalue weighted by atomic mass is 10.2. The lowest BCUT2D eigenvalue weighted by molar-refractivity contribution is -0.149. The molecular formula is C13H13ClN2O2. The van der Waals surface area contributed by atoms with E-state index in [-0.39, 0.29) is 12.2 Å². The topological polar surface area (TPSA) is 44.1 Å². The van der Waals surface area contributed by atoms with E-state index in [0.717, 1.165) is 11.3 Å². The van der Waals surface area contributed by atoms with Gasteiger partial charge >= 0.3 is 5.97 Å². The number of rotatable bonds is 3. The van der Waals surface area contributed by atoms with Crippen molar-refractivity contribution in [1.29, 1.82) is 0 Å². The van der Waals surface area contributed by atoms with E-state index in [1.54, 1.807) is 17.8 Å². The van der Waals surface area contributed by atoms with Gasteiger partial charge in [0.05, 0.1) is 12.0 Å². The molecule has 0 radical (unpaired) electrons. The highest BCUT2D eigenvalue weighted by atomic mass is 35.5. The highest BCUT2D eigenvalue weighted by molar-refractivity contribution is 6.30. The van der Waals surface area contributed by atoms with Crippen LogP contribution in [0.2, 0.25) is 5.02 Å². The van der Waals surface area contributed by atoms with Gasteiger partial charge in [-0.05, 0) is 19.1 Å². The van der Waals surface area contributed by atoms with Gasteiger partial charge in [0, 0.05) is 23.7 Å². The fourth-order valence-electron chi connectivity index (χ4n) is 1.63. The number of carbonyl (C=O) groups excluding carboxylic acids is 1. The van der Waals surface area contributed by atoms with Crippen LogP contribution in [0.5, 0.6) is 0 Å². The fraction of sp³-hybridized carbons (Fsp3) is 0.231. The van der Waals surface area contributed by atoms with E-state index < -0.39 is 0 Å². The second kappa shape index (κ2) is 5.23. The Hall–Kier alpha value is -1.81. The first-order valence-electron chi connectivity index (χ1n) is 5.53. The normalized spacial score (nSPS) is 12.2. The number of imidazole rings is 1. The molecule has 2 aromatic rings. The minimum absolute atomic E-state index is 0.319. The van der Waals surface area contributed by atoms with Gasteiger partial charge in [-0.15, -0.1) is 0 Å². The Morgan fingerprint density at radius 3 is 2.94 bits per heavy atom. The molecule has 0 saturated carbocycles. The third-order valence-corrected chi connectivity index (χ3v) is 2.71. The zero-order valence-electron chi connectivity index (χ0n) is 10.1. The third-order valence-electron chi connectivity index (χ3n) is 2.48. The van der Waals surface area contributed by atoms with Crippen molar-refractivity contribution < 1.29 is 9.53 Å². The maximum atomic E-state index is 10.9. The van der Waals surface area contributed by atoms with Gasteiger partial charge in [0.2, 0.25) is 0 Å². The number of ether oxygens (including phenoxy) is 1. The largest absolute Gasteiger partial charge is 0.442 e. The van der Waals surface area contributed by atoms with Crippen molar-refractivity contribution in [3.8, 4) is 11.3 Å². The third kappa shape index (κ3) is 2.90. The zero-order chi connectivity index (χ0) is 13.1. The summed E-state index contributed by atoms with van der Waals surface area (Å²) in [5.74, 6) is -0.319. The molecule has 94 valence electrons. The molecule has 0 amide bonds. The monoisotopic (exact) mass is 264 g/mol. The molecule has 0 aliphatic rings. The van der Waals surface area contributed by atoms with Crippen LogP contribution in [0.3, 0.4) is 0 Å². The van der Waals surface area contributed by atoms with Gasteiger partial charge < -0.3 is 9.30 Å². The molecule has 0 bridgehead atoms. The predicted molar refractivity (Wildman–Crippen MR) is 69.2 cm³/mol. The molecule has 0 unspecified atom stereocenters. The standard InChI is InChI=1S/C13H13ClN2O2/c1-9(18-10(2)17)16-7-13(15-8-16)11-4-3-5-12(14)6-11/h3-9H,1-2H3/t9-/m1/s1. The first-order valence-corrected chi connectivity index (χ1v) is 5.90. The van der Waals surface area contributed by atoms with E-state index in [0.29, 0.717) is 5.02 Å². The summed E-state index contributed by atoms with van der Waals surface area (Å²) >= 11 is 5.93. The van der Waals surface area contributed by atoms with Gasteiger partial charge in [0.1, 0.15) is 0 Å². The van der Waals surface area contributed by atoms with Crippen LogP contribution in [-0.2, 0) is 9.53 Å². The second-order valence-corrected chi connectivity index (χ2v) is 4.36. The minimum atomic E-state index is -0.372. The molecule has 4 nitrogen and oxygen atoms in total. The molecule has 2 rings (SSSR count). The summed E-state index contributed by atoms with van der Waals surface area (Å²) in [6.07, 6.45) is 3.08. The van der Waals surface area contributed by atoms with Crippen LogP contribution in [0.25, 0.3) is 11.3 Å². The Balaban J connectivity index is 2.22. The molecule has 1 heterocycles. The van der Waals surface area contributed by atoms with Crippen LogP contribution < -0.4 is 0 Å². The van der Waals surface area contributed by atoms with Crippen molar-refractivity contribution in [2.45, 2.75) is 20.1 Å². The molecule has 0 aliphatic carbocycles. The summed E-state index contributed by atoms with van der Waals surface area (Å²) in [6.45, 7) is 3.16. The van der Waals surface area contributed by atoms with Crippen molar-refractivity contribution in [3.05, 3.63) is 41.8 Å². The van der Waals surface area contributed by atoms with E-state index in [1.807, 2.05) is 30.5 Å². The predicted octanol–water partition coefficient (Wildman–Crippen LogP) is 3.29. The molecular weight excluding hydrogens is 252 g/mol. The molecule has 1 aromatic carbocycles. The number of nitrogens with zero attached hydrogens (tertiary/aromatic N) is 2. The maximum Gasteiger partial charge on any atom is 0.304 e. The van der Waals surface area contributed by atoms with Crippen LogP contribution >= 0.6 is 11.6 Å². The number of hydrogen-bond acceptors (Lipinski definition) is 3. The van der Waals surface area contributed by atoms with Crippen LogP contribution in [0.15, 0.2) is 36.8 Å². The van der Waals surface area contributed by atoms with Crippen LogP contribution in [0.1, 0.15) is 20.1 Å². The van der Waals surface area contributed by atoms with Gasteiger partial charge in [-0.1, -0.05) is 23.7 Å². The maximum absolute atomic E-state index is 10.9. The first-order chi connectivity index (χ1) is 8.56. The molecule has 1 atom stereocenters. The Morgan fingerprint density at radius 1 is 1.50 bits per heavy atom. The van der Waals surface area contributed by atoms with Crippen molar-refractivity contribution in [1.82, 2.24) is 9.55 Å². The fourth-order valence-corrected chi connectivity index (χ4v) is 1.82. The second-order valence-electron chi connectivity index (χ2n) is 3.93. The Bertz CT molecular complexity index is 566. The minimum Gasteiger partial charge on any atom is -0.442 e. The molecule has 0 fully saturated rings. The number of hydrogen-bond donors (Lipinski definition) is 0. The summed E-state index contributed by atoms with van der Waals surface area (Å²) < 4.78 is 6.80. The van der Waals surface area contributed by atoms with Crippen molar-refractivity contribution in [2.75, 3.05) is 0 Å². The number of aromatic nitrogens is 2. The molecule has 0 spiro atoms. The zero-order valence-corrected chi connectivity index (χ0v) is 10.9. The Kier molecular flexibility index (Phi) is 3.67. The number of halogens is 1. The van der Waals surface area contributed by atoms with E-state index >= 15 is 0 Å². The summed E-state index contributed by atoms with van der Waals surface area (Å²) in [5, 5.41) is 0.662. The Morgan fingerprint density at radius 2 is 2.28 bits per heavy atom. The highest BCUT2D eigenvalue weighted by Crippen LogP contribution is 2.22. The number of carbonyl (C=O) groups is 1. The van der Waals surface area contributed by atoms with Gasteiger partial charge in [-0.25, -0.2) is 4.98 Å². The van der Waals surface area contributed by atoms with E-state index in [2.05, 4.69) is 4.98 Å². The van der Waals surface area contributed by atoms with Crippen LogP contribution in [0.4, 0.5) is 0 Å². The summed E-state index contributed by atoms with van der Waals surface area (Å²) in [4.78, 5) is 15.1. The van der Waals surface area contributed by atoms with Gasteiger partial charge in [0.25, 0.3) is 0 Å². The first kappa shape index (κ1) is 12.6. The quantitative estimate of drug-likeness (QED) is 0.799. The van der Waals surface area contributed by atoms with E-state index in [1.165, 1.54) is 6.92 Å². The van der Waals surface area contributed by atoms with E-state index in [9.17, 15) is 4.79 Å². The lowest BCUT2D eigenvalue weighted by Gasteiger charge is -2.12. The highest BCUT2D eigenvalue weighted by Gasteiger charge is 2.09. The molecule has 1 aromatic heterocycles. The Labute approximate surface area is 110 Å². The molecule has 18 heavy (non-hydrogen) atoms. The van der Waals surface area contributed by atoms with Gasteiger partial charge in [-0.2, -0.15) is 0 Å². The lowest BCUT2D eigenvalue weighted by Crippen LogP contribution is -2.10. The summed E-state index contributed by atoms with van der Waals surface area (Å²) in [6, 6.07) is 7.44. The van der Waals surface area contributed by atoms with Crippen molar-refractivity contribution in [3.63, 3.8) is 0 Å². The van der Waals surface area contributed by atoms with Crippen molar-refractivity contribution >= 4 is 17.6 Å². The van der Waals surface area contributed by atoms with Gasteiger partial charge in [0.15, 0.2) is 6.23 Å². The number of esters is 1. The average Bonchev–Trinajstić information content (AvgIpc) is 2.77. The van der Waals surface area contributed by atoms with Crippen LogP contribution in [-0.4, -0.2) is 15.5 Å². The van der Waals surface area contributed by atoms with Crippen LogP contribution in [0, 0.1) is 0 Å². The number of benzene rings is 1. The van der Waals surface area contributed by atoms with Gasteiger partial charge in [-0.3, -0.25) is 4.79 Å². The molecule has 0 N–H and O–H groups in total. The summed E-state index contributed by atoms with van der Waals surface area (Å²) in [5.41, 5.74) is 1.72. The summed E-state index contributed by atoms with van der Waals surface area (Å²) in [7, 11) is 0. The van der Waals surface area contributed by atoms with Crippen molar-refractivity contribution in [2.24, 2.45) is 0 Å². The smallest absolute Gasteiger partial charge is 0.304 e. The average molecular weight is 265 g/mol. The molecule has 0 saturated heterocycles. The SMILES string of the molecule is CC(=O)O[C@H](C)n1cnc(-c2cccc(Cl)c2)c1.